The van der Waals surface area contributed by atoms with Crippen LogP contribution in [0.2, 0.25) is 13.1 Å². The van der Waals surface area contributed by atoms with Crippen molar-refractivity contribution in [2.75, 3.05) is 7.05 Å². The minimum absolute atomic E-state index is 0.161. The van der Waals surface area contributed by atoms with Crippen LogP contribution in [0.25, 0.3) is 0 Å². The minimum atomic E-state index is -1.63. The predicted octanol–water partition coefficient (Wildman–Crippen LogP) is 2.40. The van der Waals surface area contributed by atoms with Crippen LogP contribution in [-0.4, -0.2) is 31.6 Å². The van der Waals surface area contributed by atoms with E-state index in [9.17, 15) is 4.79 Å². The Morgan fingerprint density at radius 2 is 1.82 bits per heavy atom. The molecule has 1 aromatic rings. The van der Waals surface area contributed by atoms with Crippen LogP contribution in [0.4, 0.5) is 0 Å². The predicted molar refractivity (Wildman–Crippen MR) is 76.1 cm³/mol. The number of hydrogen-bond donors (Lipinski definition) is 0. The van der Waals surface area contributed by atoms with Gasteiger partial charge in [-0.3, -0.25) is 4.79 Å². The molecule has 1 unspecified atom stereocenters. The second-order valence-corrected chi connectivity index (χ2v) is 9.83. The summed E-state index contributed by atoms with van der Waals surface area (Å²) in [6.07, 6.45) is 1.02. The second kappa shape index (κ2) is 5.49. The number of benzene rings is 1. The van der Waals surface area contributed by atoms with Crippen LogP contribution >= 0.6 is 0 Å². The van der Waals surface area contributed by atoms with Crippen molar-refractivity contribution in [2.45, 2.75) is 39.0 Å². The summed E-state index contributed by atoms with van der Waals surface area (Å²) in [7, 11) is 0.295. The van der Waals surface area contributed by atoms with Gasteiger partial charge in [0, 0.05) is 19.6 Å². The number of carbonyl (C=O) groups is 1. The van der Waals surface area contributed by atoms with Crippen molar-refractivity contribution < 1.29 is 4.79 Å². The van der Waals surface area contributed by atoms with Gasteiger partial charge < -0.3 is 4.90 Å². The van der Waals surface area contributed by atoms with E-state index in [2.05, 4.69) is 44.3 Å². The first kappa shape index (κ1) is 14.0. The maximum Gasteiger partial charge on any atom is 0.219 e. The maximum atomic E-state index is 11.6. The van der Waals surface area contributed by atoms with E-state index in [1.165, 1.54) is 5.19 Å². The van der Waals surface area contributed by atoms with E-state index in [-0.39, 0.29) is 5.91 Å². The first-order valence-corrected chi connectivity index (χ1v) is 9.28. The summed E-state index contributed by atoms with van der Waals surface area (Å²) < 4.78 is 0. The summed E-state index contributed by atoms with van der Waals surface area (Å²) in [5.74, 6) is 0.161. The molecule has 0 aliphatic rings. The van der Waals surface area contributed by atoms with Gasteiger partial charge in [-0.2, -0.15) is 0 Å². The van der Waals surface area contributed by atoms with Gasteiger partial charge in [0.15, 0.2) is 0 Å². The highest BCUT2D eigenvalue weighted by atomic mass is 28.3. The number of hydrogen-bond acceptors (Lipinski definition) is 1. The average Bonchev–Trinajstić information content (AvgIpc) is 2.30. The van der Waals surface area contributed by atoms with Gasteiger partial charge in [-0.25, -0.2) is 0 Å². The highest BCUT2D eigenvalue weighted by molar-refractivity contribution is 6.91. The van der Waals surface area contributed by atoms with E-state index in [1.54, 1.807) is 6.92 Å². The van der Waals surface area contributed by atoms with Crippen LogP contribution < -0.4 is 5.19 Å². The van der Waals surface area contributed by atoms with Crippen LogP contribution in [0.5, 0.6) is 0 Å². The van der Waals surface area contributed by atoms with Crippen molar-refractivity contribution in [3.63, 3.8) is 0 Å². The smallest absolute Gasteiger partial charge is 0.219 e. The Morgan fingerprint density at radius 3 is 2.24 bits per heavy atom. The third-order valence-electron chi connectivity index (χ3n) is 3.70. The van der Waals surface area contributed by atoms with Crippen molar-refractivity contribution in [1.29, 1.82) is 0 Å². The molecular weight excluding hydrogens is 226 g/mol. The Hall–Kier alpha value is -1.09. The molecule has 1 amide bonds. The van der Waals surface area contributed by atoms with E-state index in [4.69, 9.17) is 0 Å². The topological polar surface area (TPSA) is 20.3 Å². The molecule has 0 N–H and O–H groups in total. The van der Waals surface area contributed by atoms with Crippen LogP contribution in [0.1, 0.15) is 20.3 Å². The molecule has 0 radical (unpaired) electrons. The molecular formula is C14H23NOSi. The molecule has 0 heterocycles. The zero-order valence-corrected chi connectivity index (χ0v) is 12.5. The highest BCUT2D eigenvalue weighted by Gasteiger charge is 2.35. The van der Waals surface area contributed by atoms with Crippen LogP contribution in [-0.2, 0) is 4.79 Å². The fraction of sp³-hybridized carbons (Fsp3) is 0.500. The van der Waals surface area contributed by atoms with Gasteiger partial charge in [-0.05, 0) is 6.42 Å². The van der Waals surface area contributed by atoms with Gasteiger partial charge in [0.1, 0.15) is 8.07 Å². The van der Waals surface area contributed by atoms with Gasteiger partial charge >= 0.3 is 0 Å². The lowest BCUT2D eigenvalue weighted by Gasteiger charge is -2.38. The van der Waals surface area contributed by atoms with Crippen molar-refractivity contribution in [3.05, 3.63) is 30.3 Å². The lowest BCUT2D eigenvalue weighted by molar-refractivity contribution is -0.128. The molecule has 0 saturated carbocycles. The standard InChI is InChI=1S/C14H23NOSi/c1-6-14(15(3)12(2)16)17(4,5)13-10-8-7-9-11-13/h7-11,14H,6H2,1-5H3. The van der Waals surface area contributed by atoms with E-state index < -0.39 is 8.07 Å². The van der Waals surface area contributed by atoms with Gasteiger partial charge in [-0.1, -0.05) is 55.5 Å². The molecule has 3 heteroatoms. The molecule has 0 aliphatic heterocycles. The monoisotopic (exact) mass is 249 g/mol. The molecule has 94 valence electrons. The summed E-state index contributed by atoms with van der Waals surface area (Å²) in [5, 5.41) is 1.42. The molecule has 17 heavy (non-hydrogen) atoms. The first-order valence-electron chi connectivity index (χ1n) is 6.20. The Bertz CT molecular complexity index is 375. The summed E-state index contributed by atoms with van der Waals surface area (Å²) in [5.41, 5.74) is 0.363. The van der Waals surface area contributed by atoms with E-state index in [1.807, 2.05) is 18.0 Å². The number of amides is 1. The maximum absolute atomic E-state index is 11.6. The van der Waals surface area contributed by atoms with Crippen molar-refractivity contribution in [2.24, 2.45) is 0 Å². The molecule has 0 aromatic heterocycles. The van der Waals surface area contributed by atoms with Gasteiger partial charge in [-0.15, -0.1) is 0 Å². The summed E-state index contributed by atoms with van der Waals surface area (Å²) >= 11 is 0. The number of carbonyl (C=O) groups excluding carboxylic acids is 1. The number of rotatable bonds is 4. The van der Waals surface area contributed by atoms with Crippen molar-refractivity contribution >= 4 is 19.2 Å². The zero-order chi connectivity index (χ0) is 13.1. The highest BCUT2D eigenvalue weighted by Crippen LogP contribution is 2.17. The normalized spacial score (nSPS) is 13.2. The van der Waals surface area contributed by atoms with Crippen LogP contribution in [0.15, 0.2) is 30.3 Å². The van der Waals surface area contributed by atoms with Crippen LogP contribution in [0.3, 0.4) is 0 Å². The molecule has 1 aromatic carbocycles. The molecule has 1 rings (SSSR count). The van der Waals surface area contributed by atoms with Gasteiger partial charge in [0.2, 0.25) is 5.91 Å². The lowest BCUT2D eigenvalue weighted by atomic mass is 10.4. The zero-order valence-electron chi connectivity index (χ0n) is 11.5. The van der Waals surface area contributed by atoms with E-state index >= 15 is 0 Å². The molecule has 0 fully saturated rings. The van der Waals surface area contributed by atoms with Gasteiger partial charge in [0.05, 0.1) is 0 Å². The Morgan fingerprint density at radius 1 is 1.29 bits per heavy atom. The third-order valence-corrected chi connectivity index (χ3v) is 7.98. The van der Waals surface area contributed by atoms with E-state index in [0.717, 1.165) is 6.42 Å². The molecule has 2 nitrogen and oxygen atoms in total. The molecule has 0 bridgehead atoms. The fourth-order valence-corrected chi connectivity index (χ4v) is 6.15. The lowest BCUT2D eigenvalue weighted by Crippen LogP contribution is -2.59. The Balaban J connectivity index is 3.06. The van der Waals surface area contributed by atoms with E-state index in [0.29, 0.717) is 5.67 Å². The molecule has 0 saturated heterocycles. The summed E-state index contributed by atoms with van der Waals surface area (Å²) in [4.78, 5) is 13.5. The molecule has 1 atom stereocenters. The Kier molecular flexibility index (Phi) is 4.51. The van der Waals surface area contributed by atoms with Gasteiger partial charge in [0.25, 0.3) is 0 Å². The first-order chi connectivity index (χ1) is 7.91. The average molecular weight is 249 g/mol. The number of nitrogens with zero attached hydrogens (tertiary/aromatic N) is 1. The quantitative estimate of drug-likeness (QED) is 0.750. The largest absolute Gasteiger partial charge is 0.346 e. The Labute approximate surface area is 106 Å². The summed E-state index contributed by atoms with van der Waals surface area (Å²) in [6.45, 7) is 8.51. The SMILES string of the molecule is CCC(N(C)C(C)=O)[Si](C)(C)c1ccccc1. The third kappa shape index (κ3) is 2.97. The van der Waals surface area contributed by atoms with Crippen LogP contribution in [0, 0.1) is 0 Å². The fourth-order valence-electron chi connectivity index (χ4n) is 2.55. The van der Waals surface area contributed by atoms with Crippen molar-refractivity contribution in [1.82, 2.24) is 4.90 Å². The molecule has 0 aliphatic carbocycles. The molecule has 0 spiro atoms. The summed E-state index contributed by atoms with van der Waals surface area (Å²) in [6, 6.07) is 10.6. The minimum Gasteiger partial charge on any atom is -0.346 e. The van der Waals surface area contributed by atoms with Crippen molar-refractivity contribution in [3.8, 4) is 0 Å². The second-order valence-electron chi connectivity index (χ2n) is 5.14.